The highest BCUT2D eigenvalue weighted by Crippen LogP contribution is 2.32. The molecule has 2 rings (SSSR count). The highest BCUT2D eigenvalue weighted by atomic mass is 32.2. The van der Waals surface area contributed by atoms with Crippen molar-refractivity contribution in [1.82, 2.24) is 0 Å². The number of dihydropyridines is 1. The SMILES string of the molecule is COc1ccc(C2C=CC(SC)=NC2)c(O)c1. The number of thioether (sulfide) groups is 1. The maximum Gasteiger partial charge on any atom is 0.123 e. The van der Waals surface area contributed by atoms with Crippen molar-refractivity contribution < 1.29 is 9.84 Å². The molecule has 1 aliphatic heterocycles. The Morgan fingerprint density at radius 1 is 1.47 bits per heavy atom. The summed E-state index contributed by atoms with van der Waals surface area (Å²) in [6, 6.07) is 5.39. The summed E-state index contributed by atoms with van der Waals surface area (Å²) in [4.78, 5) is 4.44. The van der Waals surface area contributed by atoms with Crippen LogP contribution in [0.15, 0.2) is 35.3 Å². The Bertz CT molecular complexity index is 468. The highest BCUT2D eigenvalue weighted by molar-refractivity contribution is 8.13. The fourth-order valence-corrected chi connectivity index (χ4v) is 2.22. The molecule has 0 amide bonds. The highest BCUT2D eigenvalue weighted by Gasteiger charge is 2.15. The van der Waals surface area contributed by atoms with E-state index in [0.29, 0.717) is 12.3 Å². The number of nitrogens with zero attached hydrogens (tertiary/aromatic N) is 1. The molecular weight excluding hydrogens is 234 g/mol. The van der Waals surface area contributed by atoms with Crippen molar-refractivity contribution in [3.8, 4) is 11.5 Å². The maximum absolute atomic E-state index is 9.93. The van der Waals surface area contributed by atoms with E-state index < -0.39 is 0 Å². The van der Waals surface area contributed by atoms with Gasteiger partial charge in [0.25, 0.3) is 0 Å². The summed E-state index contributed by atoms with van der Waals surface area (Å²) in [5.74, 6) is 1.08. The van der Waals surface area contributed by atoms with Crippen LogP contribution in [0.3, 0.4) is 0 Å². The number of phenolic OH excluding ortho intramolecular Hbond substituents is 1. The normalized spacial score (nSPS) is 18.9. The van der Waals surface area contributed by atoms with Crippen LogP contribution in [0.1, 0.15) is 11.5 Å². The second-order valence-electron chi connectivity index (χ2n) is 3.77. The van der Waals surface area contributed by atoms with E-state index >= 15 is 0 Å². The predicted octanol–water partition coefficient (Wildman–Crippen LogP) is 2.82. The average Bonchev–Trinajstić information content (AvgIpc) is 2.39. The molecule has 0 aliphatic carbocycles. The maximum atomic E-state index is 9.93. The molecule has 1 unspecified atom stereocenters. The third-order valence-electron chi connectivity index (χ3n) is 2.76. The minimum absolute atomic E-state index is 0.150. The number of methoxy groups -OCH3 is 1. The molecule has 1 heterocycles. The molecule has 0 spiro atoms. The fraction of sp³-hybridized carbons (Fsp3) is 0.308. The second-order valence-corrected chi connectivity index (χ2v) is 4.60. The molecular formula is C13H15NO2S. The molecule has 0 saturated carbocycles. The lowest BCUT2D eigenvalue weighted by Gasteiger charge is -2.17. The van der Waals surface area contributed by atoms with Gasteiger partial charge in [0.15, 0.2) is 0 Å². The van der Waals surface area contributed by atoms with Gasteiger partial charge in [-0.05, 0) is 18.4 Å². The van der Waals surface area contributed by atoms with E-state index in [-0.39, 0.29) is 11.7 Å². The van der Waals surface area contributed by atoms with Crippen LogP contribution in [0, 0.1) is 0 Å². The van der Waals surface area contributed by atoms with Crippen LogP contribution in [-0.4, -0.2) is 30.1 Å². The van der Waals surface area contributed by atoms with Gasteiger partial charge in [-0.25, -0.2) is 0 Å². The average molecular weight is 249 g/mol. The Balaban J connectivity index is 2.20. The first-order valence-corrected chi connectivity index (χ1v) is 6.60. The quantitative estimate of drug-likeness (QED) is 0.876. The first-order chi connectivity index (χ1) is 8.24. The Hall–Kier alpha value is -1.42. The number of benzene rings is 1. The summed E-state index contributed by atoms with van der Waals surface area (Å²) in [5, 5.41) is 11.0. The van der Waals surface area contributed by atoms with Crippen LogP contribution in [0.4, 0.5) is 0 Å². The number of aromatic hydroxyl groups is 1. The second kappa shape index (κ2) is 5.27. The number of aliphatic imine (C=N–C) groups is 1. The van der Waals surface area contributed by atoms with Crippen LogP contribution in [0.2, 0.25) is 0 Å². The predicted molar refractivity (Wildman–Crippen MR) is 72.4 cm³/mol. The van der Waals surface area contributed by atoms with Crippen LogP contribution in [0.25, 0.3) is 0 Å². The molecule has 1 aliphatic rings. The summed E-state index contributed by atoms with van der Waals surface area (Å²) >= 11 is 1.63. The van der Waals surface area contributed by atoms with E-state index in [1.807, 2.05) is 24.5 Å². The number of ether oxygens (including phenoxy) is 1. The van der Waals surface area contributed by atoms with Crippen molar-refractivity contribution in [2.24, 2.45) is 4.99 Å². The lowest BCUT2D eigenvalue weighted by atomic mass is 9.96. The minimum Gasteiger partial charge on any atom is -0.508 e. The topological polar surface area (TPSA) is 41.8 Å². The molecule has 0 bridgehead atoms. The van der Waals surface area contributed by atoms with E-state index in [4.69, 9.17) is 4.74 Å². The van der Waals surface area contributed by atoms with E-state index in [1.54, 1.807) is 24.9 Å². The van der Waals surface area contributed by atoms with E-state index in [0.717, 1.165) is 10.6 Å². The lowest BCUT2D eigenvalue weighted by Crippen LogP contribution is -2.07. The molecule has 1 aromatic rings. The number of hydrogen-bond acceptors (Lipinski definition) is 4. The Labute approximate surface area is 105 Å². The Kier molecular flexibility index (Phi) is 3.74. The summed E-state index contributed by atoms with van der Waals surface area (Å²) in [6.45, 7) is 0.687. The molecule has 0 radical (unpaired) electrons. The van der Waals surface area contributed by atoms with Gasteiger partial charge in [0.2, 0.25) is 0 Å². The number of phenols is 1. The van der Waals surface area contributed by atoms with Gasteiger partial charge in [0.1, 0.15) is 11.5 Å². The molecule has 1 aromatic carbocycles. The third kappa shape index (κ3) is 2.64. The minimum atomic E-state index is 0.150. The summed E-state index contributed by atoms with van der Waals surface area (Å²) < 4.78 is 5.06. The number of rotatable bonds is 2. The van der Waals surface area contributed by atoms with Gasteiger partial charge in [-0.1, -0.05) is 12.1 Å². The van der Waals surface area contributed by atoms with Gasteiger partial charge in [-0.15, -0.1) is 11.8 Å². The lowest BCUT2D eigenvalue weighted by molar-refractivity contribution is 0.406. The molecule has 1 N–H and O–H groups in total. The van der Waals surface area contributed by atoms with Crippen LogP contribution in [0.5, 0.6) is 11.5 Å². The zero-order valence-corrected chi connectivity index (χ0v) is 10.7. The van der Waals surface area contributed by atoms with Crippen molar-refractivity contribution in [3.05, 3.63) is 35.9 Å². The van der Waals surface area contributed by atoms with Gasteiger partial charge >= 0.3 is 0 Å². The first-order valence-electron chi connectivity index (χ1n) is 5.38. The van der Waals surface area contributed by atoms with Gasteiger partial charge in [0.05, 0.1) is 18.7 Å². The van der Waals surface area contributed by atoms with Gasteiger partial charge in [-0.2, -0.15) is 0 Å². The standard InChI is InChI=1S/C13H15NO2S/c1-16-10-4-5-11(12(15)7-10)9-3-6-13(17-2)14-8-9/h3-7,9,15H,8H2,1-2H3. The van der Waals surface area contributed by atoms with Crippen molar-refractivity contribution in [2.45, 2.75) is 5.92 Å². The summed E-state index contributed by atoms with van der Waals surface area (Å²) in [5.41, 5.74) is 0.894. The third-order valence-corrected chi connectivity index (χ3v) is 3.44. The van der Waals surface area contributed by atoms with Gasteiger partial charge < -0.3 is 9.84 Å². The number of hydrogen-bond donors (Lipinski definition) is 1. The molecule has 4 heteroatoms. The summed E-state index contributed by atoms with van der Waals surface area (Å²) in [6.07, 6.45) is 6.09. The van der Waals surface area contributed by atoms with Crippen LogP contribution < -0.4 is 4.74 Å². The smallest absolute Gasteiger partial charge is 0.123 e. The van der Waals surface area contributed by atoms with Gasteiger partial charge in [0, 0.05) is 17.5 Å². The van der Waals surface area contributed by atoms with Crippen LogP contribution >= 0.6 is 11.8 Å². The molecule has 0 saturated heterocycles. The van der Waals surface area contributed by atoms with E-state index in [1.165, 1.54) is 0 Å². The van der Waals surface area contributed by atoms with Crippen molar-refractivity contribution in [2.75, 3.05) is 19.9 Å². The molecule has 3 nitrogen and oxygen atoms in total. The van der Waals surface area contributed by atoms with Crippen molar-refractivity contribution in [1.29, 1.82) is 0 Å². The summed E-state index contributed by atoms with van der Waals surface area (Å²) in [7, 11) is 1.59. The molecule has 90 valence electrons. The van der Waals surface area contributed by atoms with Gasteiger partial charge in [-0.3, -0.25) is 4.99 Å². The fourth-order valence-electron chi connectivity index (χ4n) is 1.80. The van der Waals surface area contributed by atoms with Crippen molar-refractivity contribution in [3.63, 3.8) is 0 Å². The zero-order chi connectivity index (χ0) is 12.3. The van der Waals surface area contributed by atoms with Crippen LogP contribution in [-0.2, 0) is 0 Å². The molecule has 0 aromatic heterocycles. The molecule has 17 heavy (non-hydrogen) atoms. The van der Waals surface area contributed by atoms with Crippen molar-refractivity contribution >= 4 is 16.8 Å². The zero-order valence-electron chi connectivity index (χ0n) is 9.88. The Morgan fingerprint density at radius 3 is 2.82 bits per heavy atom. The largest absolute Gasteiger partial charge is 0.508 e. The molecule has 0 fully saturated rings. The first kappa shape index (κ1) is 12.0. The monoisotopic (exact) mass is 249 g/mol. The Morgan fingerprint density at radius 2 is 2.29 bits per heavy atom. The molecule has 1 atom stereocenters. The van der Waals surface area contributed by atoms with E-state index in [2.05, 4.69) is 11.1 Å². The van der Waals surface area contributed by atoms with E-state index in [9.17, 15) is 5.11 Å².